The van der Waals surface area contributed by atoms with Crippen LogP contribution in [0.15, 0.2) is 48.5 Å². The maximum Gasteiger partial charge on any atom is 0.573 e. The van der Waals surface area contributed by atoms with Crippen LogP contribution in [0.2, 0.25) is 0 Å². The summed E-state index contributed by atoms with van der Waals surface area (Å²) in [5, 5.41) is 0. The molecule has 0 aliphatic rings. The monoisotopic (exact) mass is 483 g/mol. The van der Waals surface area contributed by atoms with E-state index in [0.717, 1.165) is 0 Å². The Kier molecular flexibility index (Phi) is 9.78. The van der Waals surface area contributed by atoms with Crippen molar-refractivity contribution < 1.29 is 44.9 Å². The van der Waals surface area contributed by atoms with Crippen LogP contribution in [-0.4, -0.2) is 50.7 Å². The molecule has 0 aromatic heterocycles. The molecule has 0 saturated carbocycles. The Balaban J connectivity index is 2.01. The zero-order valence-electron chi connectivity index (χ0n) is 17.8. The molecule has 0 fully saturated rings. The highest BCUT2D eigenvalue weighted by Gasteiger charge is 2.34. The molecule has 1 unspecified atom stereocenters. The fraction of sp³-hybridized carbons (Fsp3) is 0.455. The standard InChI is InChI=1S/C22H24F7NO3/c1-30(15-23)12-11-19(33-22(27,28)29)14-31-20-8-3-2-6-17(20)10-9-16-5-4-7-18(13-16)32-21(24,25)26/h2-8,13,19H,9-12,14-15H2,1H3. The average molecular weight is 483 g/mol. The third-order valence-corrected chi connectivity index (χ3v) is 4.55. The second-order valence-electron chi connectivity index (χ2n) is 7.29. The lowest BCUT2D eigenvalue weighted by atomic mass is 10.0. The number of halogens is 7. The molecule has 0 saturated heterocycles. The SMILES string of the molecule is CN(CF)CCC(COc1ccccc1CCc1cccc(OC(F)(F)F)c1)OC(F)(F)F. The molecule has 0 radical (unpaired) electrons. The maximum atomic E-state index is 12.7. The molecule has 0 heterocycles. The summed E-state index contributed by atoms with van der Waals surface area (Å²) in [4.78, 5) is 1.21. The summed E-state index contributed by atoms with van der Waals surface area (Å²) in [7, 11) is 1.43. The summed E-state index contributed by atoms with van der Waals surface area (Å²) in [6.45, 7) is -1.18. The smallest absolute Gasteiger partial charge is 0.491 e. The summed E-state index contributed by atoms with van der Waals surface area (Å²) < 4.78 is 102. The van der Waals surface area contributed by atoms with Gasteiger partial charge < -0.3 is 9.47 Å². The van der Waals surface area contributed by atoms with Crippen LogP contribution in [0.1, 0.15) is 17.5 Å². The molecule has 2 rings (SSSR count). The Labute approximate surface area is 186 Å². The molecule has 0 aliphatic carbocycles. The molecule has 184 valence electrons. The number of hydrogen-bond acceptors (Lipinski definition) is 4. The molecule has 2 aromatic rings. The number of benzene rings is 2. The minimum absolute atomic E-state index is 0.0403. The van der Waals surface area contributed by atoms with Crippen molar-refractivity contribution in [3.8, 4) is 11.5 Å². The van der Waals surface area contributed by atoms with E-state index in [9.17, 15) is 30.7 Å². The van der Waals surface area contributed by atoms with Gasteiger partial charge in [-0.15, -0.1) is 26.3 Å². The number of alkyl halides is 7. The summed E-state index contributed by atoms with van der Waals surface area (Å²) in [5.74, 6) is -0.00950. The van der Waals surface area contributed by atoms with E-state index in [1.54, 1.807) is 30.3 Å². The van der Waals surface area contributed by atoms with E-state index in [-0.39, 0.29) is 18.7 Å². The summed E-state index contributed by atoms with van der Waals surface area (Å²) in [6.07, 6.45) is -10.4. The number of ether oxygens (including phenoxy) is 3. The van der Waals surface area contributed by atoms with E-state index >= 15 is 0 Å². The van der Waals surface area contributed by atoms with E-state index in [1.807, 2.05) is 0 Å². The summed E-state index contributed by atoms with van der Waals surface area (Å²) in [5.41, 5.74) is 1.24. The van der Waals surface area contributed by atoms with Crippen molar-refractivity contribution in [1.82, 2.24) is 4.90 Å². The summed E-state index contributed by atoms with van der Waals surface area (Å²) >= 11 is 0. The van der Waals surface area contributed by atoms with E-state index in [2.05, 4.69) is 9.47 Å². The molecule has 0 bridgehead atoms. The minimum Gasteiger partial charge on any atom is -0.491 e. The molecule has 2 aromatic carbocycles. The Morgan fingerprint density at radius 1 is 0.909 bits per heavy atom. The van der Waals surface area contributed by atoms with Gasteiger partial charge in [0.1, 0.15) is 31.0 Å². The van der Waals surface area contributed by atoms with Crippen LogP contribution in [0.3, 0.4) is 0 Å². The molecule has 0 N–H and O–H groups in total. The number of aryl methyl sites for hydroxylation is 2. The van der Waals surface area contributed by atoms with Crippen molar-refractivity contribution in [2.45, 2.75) is 38.1 Å². The fourth-order valence-corrected chi connectivity index (χ4v) is 3.00. The first-order chi connectivity index (χ1) is 15.4. The van der Waals surface area contributed by atoms with Crippen molar-refractivity contribution in [3.63, 3.8) is 0 Å². The lowest BCUT2D eigenvalue weighted by Crippen LogP contribution is -2.33. The van der Waals surface area contributed by atoms with Gasteiger partial charge in [-0.25, -0.2) is 4.39 Å². The first-order valence-corrected chi connectivity index (χ1v) is 9.99. The number of hydrogen-bond donors (Lipinski definition) is 0. The molecular weight excluding hydrogens is 459 g/mol. The molecule has 4 nitrogen and oxygen atoms in total. The quantitative estimate of drug-likeness (QED) is 0.278. The highest BCUT2D eigenvalue weighted by molar-refractivity contribution is 5.35. The van der Waals surface area contributed by atoms with Crippen molar-refractivity contribution in [2.75, 3.05) is 27.0 Å². The lowest BCUT2D eigenvalue weighted by Gasteiger charge is -2.22. The number of rotatable bonds is 12. The lowest BCUT2D eigenvalue weighted by molar-refractivity contribution is -0.345. The highest BCUT2D eigenvalue weighted by Crippen LogP contribution is 2.26. The molecule has 11 heteroatoms. The van der Waals surface area contributed by atoms with Crippen LogP contribution in [0.5, 0.6) is 11.5 Å². The maximum absolute atomic E-state index is 12.7. The Bertz CT molecular complexity index is 858. The normalized spacial score (nSPS) is 13.2. The Morgan fingerprint density at radius 2 is 1.64 bits per heavy atom. The largest absolute Gasteiger partial charge is 0.573 e. The Hall–Kier alpha value is -2.53. The van der Waals surface area contributed by atoms with Crippen molar-refractivity contribution in [2.24, 2.45) is 0 Å². The van der Waals surface area contributed by atoms with Crippen molar-refractivity contribution in [1.29, 1.82) is 0 Å². The van der Waals surface area contributed by atoms with Crippen LogP contribution < -0.4 is 9.47 Å². The van der Waals surface area contributed by atoms with Gasteiger partial charge in [0.05, 0.1) is 0 Å². The van der Waals surface area contributed by atoms with Gasteiger partial charge in [0.2, 0.25) is 0 Å². The van der Waals surface area contributed by atoms with Gasteiger partial charge in [-0.3, -0.25) is 9.64 Å². The molecule has 0 amide bonds. The number of para-hydroxylation sites is 1. The van der Waals surface area contributed by atoms with Gasteiger partial charge in [0.25, 0.3) is 0 Å². The van der Waals surface area contributed by atoms with Crippen LogP contribution in [-0.2, 0) is 17.6 Å². The molecule has 0 spiro atoms. The van der Waals surface area contributed by atoms with Gasteiger partial charge >= 0.3 is 12.7 Å². The van der Waals surface area contributed by atoms with Gasteiger partial charge in [0.15, 0.2) is 0 Å². The molecule has 33 heavy (non-hydrogen) atoms. The first kappa shape index (κ1) is 26.7. The topological polar surface area (TPSA) is 30.9 Å². The van der Waals surface area contributed by atoms with E-state index in [4.69, 9.17) is 4.74 Å². The first-order valence-electron chi connectivity index (χ1n) is 9.99. The van der Waals surface area contributed by atoms with E-state index < -0.39 is 32.2 Å². The van der Waals surface area contributed by atoms with Gasteiger partial charge in [-0.1, -0.05) is 30.3 Å². The second-order valence-corrected chi connectivity index (χ2v) is 7.29. The Morgan fingerprint density at radius 3 is 2.30 bits per heavy atom. The van der Waals surface area contributed by atoms with Crippen LogP contribution in [0.25, 0.3) is 0 Å². The predicted molar refractivity (Wildman–Crippen MR) is 107 cm³/mol. The second kappa shape index (κ2) is 12.1. The highest BCUT2D eigenvalue weighted by atomic mass is 19.4. The van der Waals surface area contributed by atoms with Gasteiger partial charge in [0, 0.05) is 6.54 Å². The van der Waals surface area contributed by atoms with Crippen molar-refractivity contribution in [3.05, 3.63) is 59.7 Å². The number of nitrogens with zero attached hydrogens (tertiary/aromatic N) is 1. The average Bonchev–Trinajstić information content (AvgIpc) is 2.72. The van der Waals surface area contributed by atoms with Crippen LogP contribution in [0.4, 0.5) is 30.7 Å². The van der Waals surface area contributed by atoms with Crippen LogP contribution >= 0.6 is 0 Å². The molecule has 1 atom stereocenters. The third kappa shape index (κ3) is 10.8. The van der Waals surface area contributed by atoms with E-state index in [0.29, 0.717) is 29.7 Å². The van der Waals surface area contributed by atoms with Gasteiger partial charge in [-0.2, -0.15) is 0 Å². The predicted octanol–water partition coefficient (Wildman–Crippen LogP) is 5.90. The molecular formula is C22H24F7NO3. The third-order valence-electron chi connectivity index (χ3n) is 4.55. The zero-order valence-corrected chi connectivity index (χ0v) is 17.8. The summed E-state index contributed by atoms with van der Waals surface area (Å²) in [6, 6.07) is 12.2. The fourth-order valence-electron chi connectivity index (χ4n) is 3.00. The van der Waals surface area contributed by atoms with Gasteiger partial charge in [-0.05, 0) is 55.6 Å². The molecule has 0 aliphatic heterocycles. The van der Waals surface area contributed by atoms with Crippen molar-refractivity contribution >= 4 is 0 Å². The zero-order chi connectivity index (χ0) is 24.5. The van der Waals surface area contributed by atoms with E-state index in [1.165, 1.54) is 30.1 Å². The van der Waals surface area contributed by atoms with Crippen LogP contribution in [0, 0.1) is 0 Å². The minimum atomic E-state index is -4.87.